The predicted octanol–water partition coefficient (Wildman–Crippen LogP) is 1.21. The van der Waals surface area contributed by atoms with Crippen LogP contribution in [0.1, 0.15) is 52.3 Å². The number of aromatic nitrogens is 4. The average Bonchev–Trinajstić information content (AvgIpc) is 3.02. The molecule has 0 aliphatic carbocycles. The number of hydrogen-bond acceptors (Lipinski definition) is 5. The number of carbonyl (C=O) groups is 1. The van der Waals surface area contributed by atoms with Crippen molar-refractivity contribution in [3.63, 3.8) is 0 Å². The lowest BCUT2D eigenvalue weighted by atomic mass is 9.97. The second-order valence-electron chi connectivity index (χ2n) is 8.67. The highest BCUT2D eigenvalue weighted by Gasteiger charge is 2.23. The maximum Gasteiger partial charge on any atom is 0.330 e. The Balaban J connectivity index is 1.77. The van der Waals surface area contributed by atoms with Crippen LogP contribution in [-0.2, 0) is 24.9 Å². The maximum atomic E-state index is 12.4. The van der Waals surface area contributed by atoms with Gasteiger partial charge in [-0.3, -0.25) is 24.0 Å². The first kappa shape index (κ1) is 22.3. The number of aryl methyl sites for hydroxylation is 2. The minimum absolute atomic E-state index is 0.00640. The molecule has 3 heterocycles. The molecule has 1 amide bonds. The Hall–Kier alpha value is -2.42. The number of likely N-dealkylation sites (tertiary alicyclic amines) is 1. The molecule has 1 saturated heterocycles. The molecule has 1 fully saturated rings. The van der Waals surface area contributed by atoms with Gasteiger partial charge < -0.3 is 9.88 Å². The van der Waals surface area contributed by atoms with Crippen molar-refractivity contribution in [2.45, 2.75) is 59.5 Å². The monoisotopic (exact) mass is 418 g/mol. The van der Waals surface area contributed by atoms with Gasteiger partial charge in [-0.1, -0.05) is 27.2 Å². The summed E-state index contributed by atoms with van der Waals surface area (Å²) >= 11 is 0. The Morgan fingerprint density at radius 2 is 2.10 bits per heavy atom. The van der Waals surface area contributed by atoms with Crippen molar-refractivity contribution in [2.24, 2.45) is 18.9 Å². The molecule has 166 valence electrons. The molecule has 2 aromatic rings. The predicted molar refractivity (Wildman–Crippen MR) is 116 cm³/mol. The van der Waals surface area contributed by atoms with Crippen LogP contribution >= 0.6 is 0 Å². The van der Waals surface area contributed by atoms with Gasteiger partial charge in [0.05, 0.1) is 6.54 Å². The van der Waals surface area contributed by atoms with Gasteiger partial charge >= 0.3 is 5.69 Å². The third-order valence-corrected chi connectivity index (χ3v) is 5.90. The van der Waals surface area contributed by atoms with Gasteiger partial charge in [0, 0.05) is 32.6 Å². The molecule has 3 rings (SSSR count). The van der Waals surface area contributed by atoms with E-state index in [1.165, 1.54) is 0 Å². The Labute approximate surface area is 176 Å². The van der Waals surface area contributed by atoms with Crippen molar-refractivity contribution in [1.82, 2.24) is 29.3 Å². The van der Waals surface area contributed by atoms with Gasteiger partial charge in [0.25, 0.3) is 5.56 Å². The van der Waals surface area contributed by atoms with Crippen LogP contribution in [0.4, 0.5) is 0 Å². The lowest BCUT2D eigenvalue weighted by Gasteiger charge is -2.32. The van der Waals surface area contributed by atoms with Gasteiger partial charge in [-0.25, -0.2) is 9.78 Å². The van der Waals surface area contributed by atoms with Gasteiger partial charge in [-0.15, -0.1) is 0 Å². The number of fused-ring (bicyclic) bond motifs is 1. The number of nitrogens with zero attached hydrogens (tertiary/aromatic N) is 4. The standard InChI is InChI=1S/C21H34N6O3/c1-5-6-10-27-18-17(20(29)24-21(27)30)25(4)16(23-18)13-26-9-7-8-15(12-26)11-22-19(28)14(2)3/h14-15H,5-13H2,1-4H3,(H,22,28)(H,24,29,30). The minimum Gasteiger partial charge on any atom is -0.356 e. The van der Waals surface area contributed by atoms with Crippen molar-refractivity contribution < 1.29 is 4.79 Å². The Kier molecular flexibility index (Phi) is 7.12. The second-order valence-corrected chi connectivity index (χ2v) is 8.67. The highest BCUT2D eigenvalue weighted by atomic mass is 16.2. The molecule has 0 radical (unpaired) electrons. The van der Waals surface area contributed by atoms with Gasteiger partial charge in [0.15, 0.2) is 11.2 Å². The van der Waals surface area contributed by atoms with Crippen molar-refractivity contribution in [2.75, 3.05) is 19.6 Å². The fraction of sp³-hybridized carbons (Fsp3) is 0.714. The molecule has 0 spiro atoms. The summed E-state index contributed by atoms with van der Waals surface area (Å²) in [5.41, 5.74) is 0.118. The Morgan fingerprint density at radius 1 is 1.33 bits per heavy atom. The quantitative estimate of drug-likeness (QED) is 0.670. The molecule has 0 bridgehead atoms. The van der Waals surface area contributed by atoms with Crippen LogP contribution < -0.4 is 16.6 Å². The molecule has 2 aromatic heterocycles. The summed E-state index contributed by atoms with van der Waals surface area (Å²) in [7, 11) is 1.83. The first-order valence-corrected chi connectivity index (χ1v) is 11.0. The number of nitrogens with one attached hydrogen (secondary N) is 2. The fourth-order valence-electron chi connectivity index (χ4n) is 4.07. The zero-order chi connectivity index (χ0) is 21.8. The van der Waals surface area contributed by atoms with E-state index in [-0.39, 0.29) is 11.8 Å². The third-order valence-electron chi connectivity index (χ3n) is 5.90. The van der Waals surface area contributed by atoms with Crippen LogP contribution in [0.25, 0.3) is 11.2 Å². The molecule has 9 heteroatoms. The van der Waals surface area contributed by atoms with E-state index >= 15 is 0 Å². The summed E-state index contributed by atoms with van der Waals surface area (Å²) in [4.78, 5) is 46.0. The van der Waals surface area contributed by atoms with Crippen molar-refractivity contribution in [1.29, 1.82) is 0 Å². The zero-order valence-electron chi connectivity index (χ0n) is 18.5. The molecule has 0 saturated carbocycles. The number of piperidine rings is 1. The number of aromatic amines is 1. The fourth-order valence-corrected chi connectivity index (χ4v) is 4.07. The van der Waals surface area contributed by atoms with E-state index < -0.39 is 11.2 Å². The summed E-state index contributed by atoms with van der Waals surface area (Å²) in [6.45, 7) is 9.53. The molecule has 1 aliphatic heterocycles. The van der Waals surface area contributed by atoms with Crippen LogP contribution in [0.15, 0.2) is 9.59 Å². The summed E-state index contributed by atoms with van der Waals surface area (Å²) in [5, 5.41) is 3.04. The van der Waals surface area contributed by atoms with E-state index in [0.717, 1.165) is 44.6 Å². The van der Waals surface area contributed by atoms with Crippen molar-refractivity contribution >= 4 is 17.1 Å². The highest BCUT2D eigenvalue weighted by molar-refractivity contribution is 5.77. The smallest absolute Gasteiger partial charge is 0.330 e. The first-order chi connectivity index (χ1) is 14.3. The molecule has 1 atom stereocenters. The van der Waals surface area contributed by atoms with Crippen LogP contribution in [0.3, 0.4) is 0 Å². The number of imidazole rings is 1. The number of carbonyl (C=O) groups excluding carboxylic acids is 1. The first-order valence-electron chi connectivity index (χ1n) is 11.0. The lowest BCUT2D eigenvalue weighted by Crippen LogP contribution is -2.41. The van der Waals surface area contributed by atoms with E-state index in [2.05, 4.69) is 22.1 Å². The zero-order valence-corrected chi connectivity index (χ0v) is 18.5. The summed E-state index contributed by atoms with van der Waals surface area (Å²) in [5.74, 6) is 1.26. The number of unbranched alkanes of at least 4 members (excludes halogenated alkanes) is 1. The lowest BCUT2D eigenvalue weighted by molar-refractivity contribution is -0.124. The summed E-state index contributed by atoms with van der Waals surface area (Å²) in [6.07, 6.45) is 3.96. The second kappa shape index (κ2) is 9.59. The van der Waals surface area contributed by atoms with Crippen LogP contribution in [0.2, 0.25) is 0 Å². The molecule has 0 aromatic carbocycles. The van der Waals surface area contributed by atoms with Crippen LogP contribution in [-0.4, -0.2) is 49.5 Å². The molecule has 1 aliphatic rings. The van der Waals surface area contributed by atoms with E-state index in [1.54, 1.807) is 9.13 Å². The molecular weight excluding hydrogens is 384 g/mol. The Morgan fingerprint density at radius 3 is 2.80 bits per heavy atom. The molecule has 2 N–H and O–H groups in total. The molecule has 9 nitrogen and oxygen atoms in total. The summed E-state index contributed by atoms with van der Waals surface area (Å²) < 4.78 is 3.38. The Bertz CT molecular complexity index is 1000. The maximum absolute atomic E-state index is 12.4. The molecular formula is C21H34N6O3. The SMILES string of the molecule is CCCCn1c(=O)[nH]c(=O)c2c1nc(CN1CCCC(CNC(=O)C(C)C)C1)n2C. The minimum atomic E-state index is -0.399. The third kappa shape index (κ3) is 4.83. The largest absolute Gasteiger partial charge is 0.356 e. The van der Waals surface area contributed by atoms with Gasteiger partial charge in [-0.05, 0) is 31.7 Å². The number of hydrogen-bond donors (Lipinski definition) is 2. The van der Waals surface area contributed by atoms with Crippen molar-refractivity contribution in [3.05, 3.63) is 26.7 Å². The van der Waals surface area contributed by atoms with E-state index in [4.69, 9.17) is 4.98 Å². The normalized spacial score (nSPS) is 17.7. The van der Waals surface area contributed by atoms with Gasteiger partial charge in [0.1, 0.15) is 5.82 Å². The number of rotatable bonds is 8. The topological polar surface area (TPSA) is 105 Å². The molecule has 1 unspecified atom stereocenters. The number of amides is 1. The average molecular weight is 419 g/mol. The molecule has 30 heavy (non-hydrogen) atoms. The summed E-state index contributed by atoms with van der Waals surface area (Å²) in [6, 6.07) is 0. The van der Waals surface area contributed by atoms with Crippen LogP contribution in [0, 0.1) is 11.8 Å². The van der Waals surface area contributed by atoms with E-state index in [1.807, 2.05) is 20.9 Å². The van der Waals surface area contributed by atoms with E-state index in [9.17, 15) is 14.4 Å². The highest BCUT2D eigenvalue weighted by Crippen LogP contribution is 2.19. The van der Waals surface area contributed by atoms with Gasteiger partial charge in [-0.2, -0.15) is 0 Å². The number of H-pyrrole nitrogens is 1. The van der Waals surface area contributed by atoms with Gasteiger partial charge in [0.2, 0.25) is 5.91 Å². The van der Waals surface area contributed by atoms with E-state index in [0.29, 0.717) is 36.7 Å². The van der Waals surface area contributed by atoms with Crippen LogP contribution in [0.5, 0.6) is 0 Å². The van der Waals surface area contributed by atoms with Crippen molar-refractivity contribution in [3.8, 4) is 0 Å².